The Hall–Kier alpha value is -3.35. The van der Waals surface area contributed by atoms with Crippen LogP contribution in [0, 0.1) is 0 Å². The van der Waals surface area contributed by atoms with Crippen molar-refractivity contribution < 1.29 is 14.4 Å². The number of nitrogens with one attached hydrogen (secondary N) is 4. The molecular weight excluding hydrogens is 320 g/mol. The van der Waals surface area contributed by atoms with Gasteiger partial charge in [0.15, 0.2) is 0 Å². The third-order valence-corrected chi connectivity index (χ3v) is 3.35. The van der Waals surface area contributed by atoms with Gasteiger partial charge in [-0.15, -0.1) is 0 Å². The quantitative estimate of drug-likeness (QED) is 0.671. The minimum Gasteiger partial charge on any atom is -0.370 e. The lowest BCUT2D eigenvalue weighted by Crippen LogP contribution is -2.42. The highest BCUT2D eigenvalue weighted by Gasteiger charge is 2.22. The molecule has 0 aliphatic heterocycles. The monoisotopic (exact) mass is 340 g/mol. The zero-order valence-electron chi connectivity index (χ0n) is 14.0. The summed E-state index contributed by atoms with van der Waals surface area (Å²) in [6.07, 6.45) is 0. The van der Waals surface area contributed by atoms with Crippen LogP contribution in [0.5, 0.6) is 0 Å². The number of hydrogen-bond donors (Lipinski definition) is 4. The van der Waals surface area contributed by atoms with Crippen molar-refractivity contribution in [2.24, 2.45) is 0 Å². The molecule has 0 heterocycles. The molecule has 7 nitrogen and oxygen atoms in total. The van der Waals surface area contributed by atoms with Gasteiger partial charge in [0.05, 0.1) is 0 Å². The molecular formula is C18H20N4O3. The smallest absolute Gasteiger partial charge is 0.321 e. The van der Waals surface area contributed by atoms with Gasteiger partial charge < -0.3 is 16.0 Å². The largest absolute Gasteiger partial charge is 0.370 e. The molecule has 1 atom stereocenters. The highest BCUT2D eigenvalue weighted by Crippen LogP contribution is 2.22. The van der Waals surface area contributed by atoms with Gasteiger partial charge in [-0.3, -0.25) is 14.9 Å². The molecule has 2 aromatic carbocycles. The van der Waals surface area contributed by atoms with Crippen molar-refractivity contribution in [1.82, 2.24) is 10.6 Å². The highest BCUT2D eigenvalue weighted by atomic mass is 16.2. The number of carbonyl (C=O) groups is 3. The van der Waals surface area contributed by atoms with Crippen molar-refractivity contribution in [3.05, 3.63) is 60.2 Å². The van der Waals surface area contributed by atoms with E-state index in [1.807, 2.05) is 18.2 Å². The molecule has 0 radical (unpaired) electrons. The van der Waals surface area contributed by atoms with Gasteiger partial charge in [-0.05, 0) is 23.8 Å². The fourth-order valence-electron chi connectivity index (χ4n) is 2.25. The molecule has 0 saturated carbocycles. The molecule has 4 amide bonds. The lowest BCUT2D eigenvalue weighted by molar-refractivity contribution is -0.121. The Morgan fingerprint density at radius 2 is 1.60 bits per heavy atom. The number of urea groups is 1. The van der Waals surface area contributed by atoms with E-state index in [1.54, 1.807) is 36.4 Å². The summed E-state index contributed by atoms with van der Waals surface area (Å²) in [4.78, 5) is 35.1. The van der Waals surface area contributed by atoms with E-state index in [1.165, 1.54) is 14.0 Å². The van der Waals surface area contributed by atoms with Crippen LogP contribution in [-0.4, -0.2) is 24.9 Å². The molecule has 0 aliphatic rings. The van der Waals surface area contributed by atoms with Crippen molar-refractivity contribution in [2.45, 2.75) is 13.0 Å². The van der Waals surface area contributed by atoms with Crippen molar-refractivity contribution in [3.8, 4) is 0 Å². The van der Waals surface area contributed by atoms with Crippen molar-refractivity contribution in [3.63, 3.8) is 0 Å². The maximum atomic E-state index is 12.5. The van der Waals surface area contributed by atoms with Crippen LogP contribution in [0.1, 0.15) is 18.5 Å². The van der Waals surface area contributed by atoms with Crippen molar-refractivity contribution in [2.75, 3.05) is 17.7 Å². The summed E-state index contributed by atoms with van der Waals surface area (Å²) < 4.78 is 0. The Morgan fingerprint density at radius 1 is 0.920 bits per heavy atom. The molecule has 25 heavy (non-hydrogen) atoms. The molecule has 2 aromatic rings. The predicted molar refractivity (Wildman–Crippen MR) is 96.1 cm³/mol. The first-order valence-electron chi connectivity index (χ1n) is 7.71. The number of hydrogen-bond acceptors (Lipinski definition) is 4. The van der Waals surface area contributed by atoms with Crippen molar-refractivity contribution in [1.29, 1.82) is 0 Å². The maximum absolute atomic E-state index is 12.5. The fourth-order valence-corrected chi connectivity index (χ4v) is 2.25. The molecule has 130 valence electrons. The van der Waals surface area contributed by atoms with Gasteiger partial charge in [0, 0.05) is 25.3 Å². The van der Waals surface area contributed by atoms with Crippen LogP contribution in [-0.2, 0) is 9.59 Å². The molecule has 4 N–H and O–H groups in total. The van der Waals surface area contributed by atoms with Crippen LogP contribution in [0.2, 0.25) is 0 Å². The van der Waals surface area contributed by atoms with Crippen LogP contribution in [0.4, 0.5) is 16.2 Å². The van der Waals surface area contributed by atoms with Gasteiger partial charge in [-0.25, -0.2) is 4.79 Å². The second kappa shape index (κ2) is 8.49. The molecule has 1 unspecified atom stereocenters. The Balaban J connectivity index is 2.25. The number of carbonyl (C=O) groups excluding carboxylic acids is 3. The number of amides is 4. The molecule has 0 fully saturated rings. The summed E-state index contributed by atoms with van der Waals surface area (Å²) in [6.45, 7) is 1.42. The lowest BCUT2D eigenvalue weighted by atomic mass is 10.1. The van der Waals surface area contributed by atoms with Crippen LogP contribution in [0.3, 0.4) is 0 Å². The average molecular weight is 340 g/mol. The number of benzene rings is 2. The molecule has 0 aromatic heterocycles. The van der Waals surface area contributed by atoms with E-state index < -0.39 is 18.0 Å². The maximum Gasteiger partial charge on any atom is 0.321 e. The van der Waals surface area contributed by atoms with Gasteiger partial charge >= 0.3 is 6.03 Å². The van der Waals surface area contributed by atoms with Gasteiger partial charge in [-0.2, -0.15) is 0 Å². The topological polar surface area (TPSA) is 99.3 Å². The molecule has 0 bridgehead atoms. The third-order valence-electron chi connectivity index (χ3n) is 3.35. The zero-order chi connectivity index (χ0) is 18.2. The first kappa shape index (κ1) is 18.0. The zero-order valence-corrected chi connectivity index (χ0v) is 14.0. The van der Waals surface area contributed by atoms with E-state index in [4.69, 9.17) is 0 Å². The third kappa shape index (κ3) is 5.35. The van der Waals surface area contributed by atoms with E-state index in [0.717, 1.165) is 0 Å². The second-order valence-corrected chi connectivity index (χ2v) is 5.32. The summed E-state index contributed by atoms with van der Waals surface area (Å²) in [7, 11) is 1.43. The normalized spacial score (nSPS) is 11.1. The minimum atomic E-state index is -0.772. The first-order valence-corrected chi connectivity index (χ1v) is 7.71. The van der Waals surface area contributed by atoms with Gasteiger partial charge in [-0.1, -0.05) is 36.4 Å². The first-order chi connectivity index (χ1) is 12.0. The summed E-state index contributed by atoms with van der Waals surface area (Å²) >= 11 is 0. The summed E-state index contributed by atoms with van der Waals surface area (Å²) in [5, 5.41) is 10.4. The molecule has 2 rings (SSSR count). The van der Waals surface area contributed by atoms with E-state index in [2.05, 4.69) is 21.3 Å². The van der Waals surface area contributed by atoms with E-state index in [0.29, 0.717) is 16.9 Å². The average Bonchev–Trinajstić information content (AvgIpc) is 2.60. The standard InChI is InChI=1S/C18H20N4O3/c1-12(23)20-14-9-6-10-15(11-14)21-16(13-7-4-3-5-8-13)17(24)22-18(25)19-2/h3-11,16,21H,1-2H3,(H,20,23)(H2,19,22,24,25). The van der Waals surface area contributed by atoms with Crippen LogP contribution in [0.25, 0.3) is 0 Å². The Kier molecular flexibility index (Phi) is 6.11. The van der Waals surface area contributed by atoms with Gasteiger partial charge in [0.25, 0.3) is 5.91 Å². The van der Waals surface area contributed by atoms with Gasteiger partial charge in [0.2, 0.25) is 5.91 Å². The SMILES string of the molecule is CNC(=O)NC(=O)C(Nc1cccc(NC(C)=O)c1)c1ccccc1. The second-order valence-electron chi connectivity index (χ2n) is 5.32. The molecule has 0 aliphatic carbocycles. The summed E-state index contributed by atoms with van der Waals surface area (Å²) in [6, 6.07) is 14.7. The van der Waals surface area contributed by atoms with Crippen LogP contribution in [0.15, 0.2) is 54.6 Å². The van der Waals surface area contributed by atoms with Gasteiger partial charge in [0.1, 0.15) is 6.04 Å². The number of anilines is 2. The Bertz CT molecular complexity index is 762. The van der Waals surface area contributed by atoms with Crippen LogP contribution < -0.4 is 21.3 Å². The molecule has 0 saturated heterocycles. The minimum absolute atomic E-state index is 0.186. The fraction of sp³-hybridized carbons (Fsp3) is 0.167. The van der Waals surface area contributed by atoms with Crippen LogP contribution >= 0.6 is 0 Å². The summed E-state index contributed by atoms with van der Waals surface area (Å²) in [5.41, 5.74) is 1.94. The predicted octanol–water partition coefficient (Wildman–Crippen LogP) is 2.25. The Labute approximate surface area is 145 Å². The highest BCUT2D eigenvalue weighted by molar-refractivity contribution is 5.98. The molecule has 0 spiro atoms. The van der Waals surface area contributed by atoms with E-state index >= 15 is 0 Å². The number of rotatable bonds is 5. The Morgan fingerprint density at radius 3 is 2.24 bits per heavy atom. The van der Waals surface area contributed by atoms with Crippen molar-refractivity contribution >= 4 is 29.2 Å². The lowest BCUT2D eigenvalue weighted by Gasteiger charge is -2.20. The molecule has 7 heteroatoms. The van der Waals surface area contributed by atoms with E-state index in [-0.39, 0.29) is 5.91 Å². The number of imide groups is 1. The summed E-state index contributed by atoms with van der Waals surface area (Å²) in [5.74, 6) is -0.676. The van der Waals surface area contributed by atoms with E-state index in [9.17, 15) is 14.4 Å².